The molecular formula is C13H21N3O2. The molecule has 0 amide bonds. The van der Waals surface area contributed by atoms with E-state index in [1.54, 1.807) is 12.3 Å². The molecule has 1 aromatic heterocycles. The molecular weight excluding hydrogens is 230 g/mol. The summed E-state index contributed by atoms with van der Waals surface area (Å²) in [6.07, 6.45) is 6.48. The van der Waals surface area contributed by atoms with Gasteiger partial charge in [-0.15, -0.1) is 0 Å². The van der Waals surface area contributed by atoms with Crippen molar-refractivity contribution in [1.82, 2.24) is 15.3 Å². The number of ether oxygens (including phenoxy) is 2. The second-order valence-corrected chi connectivity index (χ2v) is 4.45. The number of rotatable bonds is 5. The summed E-state index contributed by atoms with van der Waals surface area (Å²) < 4.78 is 11.2. The molecule has 1 N–H and O–H groups in total. The number of hydrogen-bond acceptors (Lipinski definition) is 5. The van der Waals surface area contributed by atoms with E-state index in [0.29, 0.717) is 24.5 Å². The Morgan fingerprint density at radius 2 is 2.22 bits per heavy atom. The maximum absolute atomic E-state index is 5.88. The second-order valence-electron chi connectivity index (χ2n) is 4.45. The summed E-state index contributed by atoms with van der Waals surface area (Å²) in [5, 5.41) is 3.30. The normalized spacial score (nSPS) is 23.7. The quantitative estimate of drug-likeness (QED) is 0.864. The molecule has 1 aromatic rings. The van der Waals surface area contributed by atoms with Gasteiger partial charge in [-0.25, -0.2) is 4.98 Å². The Kier molecular flexibility index (Phi) is 4.75. The van der Waals surface area contributed by atoms with Gasteiger partial charge in [0.05, 0.1) is 6.61 Å². The van der Waals surface area contributed by atoms with Crippen LogP contribution in [0.15, 0.2) is 12.3 Å². The van der Waals surface area contributed by atoms with Gasteiger partial charge in [-0.2, -0.15) is 4.98 Å². The first-order chi connectivity index (χ1) is 8.83. The van der Waals surface area contributed by atoms with Crippen LogP contribution in [0, 0.1) is 0 Å². The van der Waals surface area contributed by atoms with Crippen LogP contribution in [0.1, 0.15) is 32.6 Å². The molecule has 1 heterocycles. The van der Waals surface area contributed by atoms with Crippen LogP contribution >= 0.6 is 0 Å². The van der Waals surface area contributed by atoms with E-state index in [2.05, 4.69) is 15.3 Å². The molecule has 5 heteroatoms. The zero-order valence-corrected chi connectivity index (χ0v) is 11.1. The molecule has 1 saturated carbocycles. The van der Waals surface area contributed by atoms with Crippen LogP contribution in [0.5, 0.6) is 11.9 Å². The number of hydrogen-bond donors (Lipinski definition) is 1. The van der Waals surface area contributed by atoms with Crippen molar-refractivity contribution in [3.05, 3.63) is 12.3 Å². The summed E-state index contributed by atoms with van der Waals surface area (Å²) >= 11 is 0. The molecule has 0 aliphatic heterocycles. The highest BCUT2D eigenvalue weighted by Gasteiger charge is 2.26. The van der Waals surface area contributed by atoms with E-state index in [1.165, 1.54) is 12.8 Å². The topological polar surface area (TPSA) is 56.3 Å². The fourth-order valence-electron chi connectivity index (χ4n) is 2.31. The van der Waals surface area contributed by atoms with E-state index in [9.17, 15) is 0 Å². The maximum atomic E-state index is 5.88. The van der Waals surface area contributed by atoms with Crippen molar-refractivity contribution in [1.29, 1.82) is 0 Å². The number of aromatic nitrogens is 2. The van der Waals surface area contributed by atoms with Crippen molar-refractivity contribution in [3.8, 4) is 11.9 Å². The SMILES string of the molecule is CCOc1ccnc(OC2CCCCC2NC)n1. The first-order valence-corrected chi connectivity index (χ1v) is 6.63. The molecule has 2 atom stereocenters. The molecule has 0 spiro atoms. The highest BCUT2D eigenvalue weighted by atomic mass is 16.5. The zero-order valence-electron chi connectivity index (χ0n) is 11.1. The van der Waals surface area contributed by atoms with Gasteiger partial charge in [0, 0.05) is 18.3 Å². The van der Waals surface area contributed by atoms with Crippen LogP contribution in [0.4, 0.5) is 0 Å². The molecule has 100 valence electrons. The average Bonchev–Trinajstić information content (AvgIpc) is 2.40. The highest BCUT2D eigenvalue weighted by Crippen LogP contribution is 2.22. The van der Waals surface area contributed by atoms with E-state index >= 15 is 0 Å². The van der Waals surface area contributed by atoms with Crippen LogP contribution in [0.2, 0.25) is 0 Å². The molecule has 0 aromatic carbocycles. The molecule has 2 unspecified atom stereocenters. The molecule has 1 aliphatic rings. The van der Waals surface area contributed by atoms with Crippen molar-refractivity contribution in [2.24, 2.45) is 0 Å². The summed E-state index contributed by atoms with van der Waals surface area (Å²) in [7, 11) is 1.98. The lowest BCUT2D eigenvalue weighted by molar-refractivity contribution is 0.106. The van der Waals surface area contributed by atoms with Gasteiger partial charge in [0.2, 0.25) is 5.88 Å². The van der Waals surface area contributed by atoms with E-state index in [0.717, 1.165) is 12.8 Å². The fourth-order valence-corrected chi connectivity index (χ4v) is 2.31. The number of likely N-dealkylation sites (N-methyl/N-ethyl adjacent to an activating group) is 1. The Bertz CT molecular complexity index is 373. The summed E-state index contributed by atoms with van der Waals surface area (Å²) in [6.45, 7) is 2.53. The molecule has 5 nitrogen and oxygen atoms in total. The van der Waals surface area contributed by atoms with Gasteiger partial charge in [-0.05, 0) is 33.2 Å². The minimum absolute atomic E-state index is 0.153. The lowest BCUT2D eigenvalue weighted by Gasteiger charge is -2.30. The van der Waals surface area contributed by atoms with E-state index < -0.39 is 0 Å². The Hall–Kier alpha value is -1.36. The first-order valence-electron chi connectivity index (χ1n) is 6.63. The Labute approximate surface area is 108 Å². The third-order valence-corrected chi connectivity index (χ3v) is 3.23. The molecule has 18 heavy (non-hydrogen) atoms. The monoisotopic (exact) mass is 251 g/mol. The summed E-state index contributed by atoms with van der Waals surface area (Å²) in [4.78, 5) is 8.39. The summed E-state index contributed by atoms with van der Waals surface area (Å²) in [5.74, 6) is 0.569. The van der Waals surface area contributed by atoms with Crippen molar-refractivity contribution in [2.75, 3.05) is 13.7 Å². The number of nitrogens with zero attached hydrogens (tertiary/aromatic N) is 2. The van der Waals surface area contributed by atoms with Crippen LogP contribution < -0.4 is 14.8 Å². The van der Waals surface area contributed by atoms with E-state index in [4.69, 9.17) is 9.47 Å². The van der Waals surface area contributed by atoms with Gasteiger partial charge in [0.15, 0.2) is 0 Å². The Morgan fingerprint density at radius 1 is 1.39 bits per heavy atom. The van der Waals surface area contributed by atoms with Gasteiger partial charge in [-0.1, -0.05) is 6.42 Å². The van der Waals surface area contributed by atoms with Gasteiger partial charge in [0.25, 0.3) is 0 Å². The fraction of sp³-hybridized carbons (Fsp3) is 0.692. The van der Waals surface area contributed by atoms with Crippen molar-refractivity contribution in [2.45, 2.75) is 44.8 Å². The summed E-state index contributed by atoms with van der Waals surface area (Å²) in [5.41, 5.74) is 0. The van der Waals surface area contributed by atoms with Gasteiger partial charge in [0.1, 0.15) is 6.10 Å². The van der Waals surface area contributed by atoms with Crippen LogP contribution in [0.3, 0.4) is 0 Å². The number of nitrogens with one attached hydrogen (secondary N) is 1. The molecule has 0 bridgehead atoms. The maximum Gasteiger partial charge on any atom is 0.320 e. The van der Waals surface area contributed by atoms with Crippen LogP contribution in [0.25, 0.3) is 0 Å². The van der Waals surface area contributed by atoms with E-state index in [1.807, 2.05) is 14.0 Å². The van der Waals surface area contributed by atoms with Gasteiger partial charge < -0.3 is 14.8 Å². The minimum atomic E-state index is 0.153. The molecule has 1 fully saturated rings. The lowest BCUT2D eigenvalue weighted by atomic mass is 9.92. The van der Waals surface area contributed by atoms with Crippen LogP contribution in [-0.4, -0.2) is 35.8 Å². The third-order valence-electron chi connectivity index (χ3n) is 3.23. The molecule has 0 saturated heterocycles. The van der Waals surface area contributed by atoms with Gasteiger partial charge in [-0.3, -0.25) is 0 Å². The van der Waals surface area contributed by atoms with Crippen molar-refractivity contribution in [3.63, 3.8) is 0 Å². The predicted octanol–water partition coefficient (Wildman–Crippen LogP) is 1.78. The Balaban J connectivity index is 2.00. The lowest BCUT2D eigenvalue weighted by Crippen LogP contribution is -2.43. The molecule has 2 rings (SSSR count). The average molecular weight is 251 g/mol. The van der Waals surface area contributed by atoms with Crippen molar-refractivity contribution < 1.29 is 9.47 Å². The minimum Gasteiger partial charge on any atom is -0.478 e. The smallest absolute Gasteiger partial charge is 0.320 e. The highest BCUT2D eigenvalue weighted by molar-refractivity contribution is 5.11. The molecule has 1 aliphatic carbocycles. The second kappa shape index (κ2) is 6.54. The van der Waals surface area contributed by atoms with E-state index in [-0.39, 0.29) is 6.10 Å². The predicted molar refractivity (Wildman–Crippen MR) is 68.9 cm³/mol. The standard InChI is InChI=1S/C13H21N3O2/c1-3-17-12-8-9-15-13(16-12)18-11-7-5-4-6-10(11)14-2/h8-11,14H,3-7H2,1-2H3. The van der Waals surface area contributed by atoms with Crippen molar-refractivity contribution >= 4 is 0 Å². The first kappa shape index (κ1) is 13.1. The van der Waals surface area contributed by atoms with Crippen LogP contribution in [-0.2, 0) is 0 Å². The van der Waals surface area contributed by atoms with Gasteiger partial charge >= 0.3 is 6.01 Å². The molecule has 0 radical (unpaired) electrons. The third kappa shape index (κ3) is 3.32. The zero-order chi connectivity index (χ0) is 12.8. The largest absolute Gasteiger partial charge is 0.478 e. The Morgan fingerprint density at radius 3 is 3.00 bits per heavy atom. The summed E-state index contributed by atoms with van der Waals surface area (Å²) in [6, 6.07) is 2.54.